The Morgan fingerprint density at radius 3 is 1.70 bits per heavy atom. The summed E-state index contributed by atoms with van der Waals surface area (Å²) < 4.78 is 92.8. The summed E-state index contributed by atoms with van der Waals surface area (Å²) in [6.45, 7) is 1.86. The highest BCUT2D eigenvalue weighted by atomic mass is 19.2. The number of ether oxygens (including phenoxy) is 2. The molecule has 1 aliphatic carbocycles. The van der Waals surface area contributed by atoms with Crippen molar-refractivity contribution in [2.75, 3.05) is 26.3 Å². The fourth-order valence-corrected chi connectivity index (χ4v) is 6.24. The first-order chi connectivity index (χ1) is 28.6. The molecule has 0 radical (unpaired) electrons. The zero-order valence-corrected chi connectivity index (χ0v) is 33.3. The standard InChI is InChI=1S/C21H22F3N5O3.C20H27F3N2O3/c1-12-9-15(22)19(24)20(18(12)23)32-11-17(30)16(7-2-3-8-25)27-21(31)13-5-4-6-14(10-13)28-29-26;1-12-10-14(21)18(23)19(17(12)22)28-11-16(26)15(8-4-5-9-24)25-20(27)13-6-2-3-7-13/h4-6,9-10,16H,2-3,7-8,11,25H2,1H3,(H,27,31);10,13,15H,2-9,11,24H2,1H3,(H,25,27). The zero-order chi connectivity index (χ0) is 44.4. The maximum Gasteiger partial charge on any atom is 0.251 e. The maximum atomic E-state index is 14.1. The molecule has 326 valence electrons. The van der Waals surface area contributed by atoms with Gasteiger partial charge in [0.2, 0.25) is 17.5 Å². The molecule has 0 heterocycles. The Hall–Kier alpha value is -5.65. The number of unbranched alkanes of at least 4 members (excludes halogenated alkanes) is 2. The lowest BCUT2D eigenvalue weighted by atomic mass is 10.0. The van der Waals surface area contributed by atoms with E-state index in [0.717, 1.165) is 31.7 Å². The molecule has 19 heteroatoms. The van der Waals surface area contributed by atoms with Crippen LogP contribution in [-0.4, -0.2) is 61.8 Å². The SMILES string of the molecule is Cc1cc(F)c(F)c(OCC(=O)C(CCCCN)NC(=O)C2CCCC2)c1F.Cc1cc(F)c(F)c(OCC(=O)C(CCCCN)NC(=O)c2cccc(N=[N+]=[N-])c2)c1F. The number of aryl methyl sites for hydroxylation is 2. The van der Waals surface area contributed by atoms with E-state index in [1.807, 2.05) is 0 Å². The van der Waals surface area contributed by atoms with Crippen LogP contribution < -0.4 is 31.6 Å². The fourth-order valence-electron chi connectivity index (χ4n) is 6.24. The molecule has 6 N–H and O–H groups in total. The predicted molar refractivity (Wildman–Crippen MR) is 209 cm³/mol. The number of hydrogen-bond acceptors (Lipinski definition) is 9. The van der Waals surface area contributed by atoms with E-state index in [9.17, 15) is 45.5 Å². The number of nitrogens with two attached hydrogens (primary N) is 2. The molecule has 2 atom stereocenters. The Kier molecular flexibility index (Phi) is 19.8. The summed E-state index contributed by atoms with van der Waals surface area (Å²) in [4.78, 5) is 52.8. The second kappa shape index (κ2) is 24.4. The average Bonchev–Trinajstić information content (AvgIpc) is 3.78. The molecule has 3 aromatic rings. The van der Waals surface area contributed by atoms with Gasteiger partial charge < -0.3 is 31.6 Å². The zero-order valence-electron chi connectivity index (χ0n) is 33.3. The normalized spacial score (nSPS) is 13.3. The highest BCUT2D eigenvalue weighted by Crippen LogP contribution is 2.29. The molecule has 0 saturated heterocycles. The summed E-state index contributed by atoms with van der Waals surface area (Å²) in [5.41, 5.74) is 19.5. The van der Waals surface area contributed by atoms with Crippen molar-refractivity contribution in [2.45, 2.75) is 90.1 Å². The van der Waals surface area contributed by atoms with Crippen LogP contribution >= 0.6 is 0 Å². The van der Waals surface area contributed by atoms with Crippen molar-refractivity contribution in [1.82, 2.24) is 10.6 Å². The lowest BCUT2D eigenvalue weighted by molar-refractivity contribution is -0.131. The molecule has 1 aliphatic rings. The van der Waals surface area contributed by atoms with Gasteiger partial charge in [-0.15, -0.1) is 0 Å². The number of azide groups is 1. The number of nitrogens with one attached hydrogen (secondary N) is 2. The molecule has 2 unspecified atom stereocenters. The van der Waals surface area contributed by atoms with Gasteiger partial charge >= 0.3 is 0 Å². The minimum Gasteiger partial charge on any atom is -0.480 e. The van der Waals surface area contributed by atoms with Crippen LogP contribution in [0.1, 0.15) is 85.7 Å². The Labute approximate surface area is 343 Å². The number of halogens is 6. The molecular weight excluding hydrogens is 800 g/mol. The summed E-state index contributed by atoms with van der Waals surface area (Å²) in [5, 5.41) is 8.70. The van der Waals surface area contributed by atoms with Gasteiger partial charge in [-0.2, -0.15) is 8.78 Å². The Morgan fingerprint density at radius 2 is 1.23 bits per heavy atom. The molecule has 2 amide bonds. The minimum atomic E-state index is -1.54. The maximum absolute atomic E-state index is 14.1. The predicted octanol–water partition coefficient (Wildman–Crippen LogP) is 7.39. The van der Waals surface area contributed by atoms with Crippen molar-refractivity contribution in [3.05, 3.63) is 98.4 Å². The molecule has 4 rings (SSSR count). The summed E-state index contributed by atoms with van der Waals surface area (Å²) >= 11 is 0. The van der Waals surface area contributed by atoms with Crippen LogP contribution in [0.15, 0.2) is 41.5 Å². The molecular formula is C41H49F6N7O6. The number of nitrogens with zero attached hydrogens (tertiary/aromatic N) is 3. The molecule has 1 fully saturated rings. The average molecular weight is 850 g/mol. The van der Waals surface area contributed by atoms with E-state index in [0.29, 0.717) is 51.3 Å². The highest BCUT2D eigenvalue weighted by Gasteiger charge is 2.29. The highest BCUT2D eigenvalue weighted by molar-refractivity contribution is 5.98. The molecule has 0 spiro atoms. The largest absolute Gasteiger partial charge is 0.480 e. The van der Waals surface area contributed by atoms with Crippen molar-refractivity contribution >= 4 is 29.1 Å². The van der Waals surface area contributed by atoms with Crippen molar-refractivity contribution in [3.63, 3.8) is 0 Å². The minimum absolute atomic E-state index is 0.119. The fraction of sp³-hybridized carbons (Fsp3) is 0.463. The van der Waals surface area contributed by atoms with Crippen LogP contribution in [0.3, 0.4) is 0 Å². The van der Waals surface area contributed by atoms with E-state index in [4.69, 9.17) is 26.5 Å². The number of benzene rings is 3. The molecule has 0 aromatic heterocycles. The lowest BCUT2D eigenvalue weighted by Gasteiger charge is -2.20. The first-order valence-electron chi connectivity index (χ1n) is 19.4. The van der Waals surface area contributed by atoms with Crippen molar-refractivity contribution in [3.8, 4) is 11.5 Å². The number of amides is 2. The summed E-state index contributed by atoms with van der Waals surface area (Å²) in [7, 11) is 0. The Bertz CT molecular complexity index is 1980. The second-order valence-electron chi connectivity index (χ2n) is 14.2. The monoisotopic (exact) mass is 849 g/mol. The molecule has 13 nitrogen and oxygen atoms in total. The van der Waals surface area contributed by atoms with E-state index in [-0.39, 0.29) is 40.6 Å². The second-order valence-corrected chi connectivity index (χ2v) is 14.2. The van der Waals surface area contributed by atoms with Gasteiger partial charge in [-0.1, -0.05) is 30.1 Å². The Morgan fingerprint density at radius 1 is 0.750 bits per heavy atom. The molecule has 1 saturated carbocycles. The van der Waals surface area contributed by atoms with Gasteiger partial charge in [-0.05, 0) is 119 Å². The van der Waals surface area contributed by atoms with Crippen LogP contribution in [0.4, 0.5) is 32.0 Å². The van der Waals surface area contributed by atoms with Gasteiger partial charge in [0, 0.05) is 22.1 Å². The topological polar surface area (TPSA) is 212 Å². The number of Topliss-reactive ketones (excluding diaryl/α,β-unsaturated/α-hetero) is 2. The number of carbonyl (C=O) groups is 4. The number of ketones is 2. The number of rotatable bonds is 21. The van der Waals surface area contributed by atoms with E-state index in [2.05, 4.69) is 20.7 Å². The Balaban J connectivity index is 0.000000323. The van der Waals surface area contributed by atoms with Gasteiger partial charge in [-0.25, -0.2) is 17.6 Å². The van der Waals surface area contributed by atoms with E-state index in [1.165, 1.54) is 38.1 Å². The van der Waals surface area contributed by atoms with E-state index >= 15 is 0 Å². The molecule has 0 bridgehead atoms. The lowest BCUT2D eigenvalue weighted by Crippen LogP contribution is -2.45. The van der Waals surface area contributed by atoms with Gasteiger partial charge in [-0.3, -0.25) is 19.2 Å². The van der Waals surface area contributed by atoms with Gasteiger partial charge in [0.05, 0.1) is 12.1 Å². The molecule has 3 aromatic carbocycles. The van der Waals surface area contributed by atoms with Crippen LogP contribution in [0.25, 0.3) is 10.4 Å². The van der Waals surface area contributed by atoms with Crippen molar-refractivity contribution < 1.29 is 55.0 Å². The molecule has 60 heavy (non-hydrogen) atoms. The molecule has 0 aliphatic heterocycles. The van der Waals surface area contributed by atoms with Crippen molar-refractivity contribution in [2.24, 2.45) is 22.5 Å². The van der Waals surface area contributed by atoms with E-state index in [1.54, 1.807) is 0 Å². The third-order valence-corrected chi connectivity index (χ3v) is 9.60. The number of hydrogen-bond donors (Lipinski definition) is 4. The third-order valence-electron chi connectivity index (χ3n) is 9.60. The van der Waals surface area contributed by atoms with Crippen LogP contribution in [0.5, 0.6) is 11.5 Å². The third kappa shape index (κ3) is 14.3. The first kappa shape index (κ1) is 48.7. The van der Waals surface area contributed by atoms with Crippen LogP contribution in [-0.2, 0) is 14.4 Å². The van der Waals surface area contributed by atoms with Crippen LogP contribution in [0.2, 0.25) is 0 Å². The van der Waals surface area contributed by atoms with Gasteiger partial charge in [0.15, 0.2) is 46.3 Å². The van der Waals surface area contributed by atoms with E-state index < -0.39 is 89.2 Å². The van der Waals surface area contributed by atoms with Crippen LogP contribution in [0, 0.1) is 54.7 Å². The van der Waals surface area contributed by atoms with Gasteiger partial charge in [0.25, 0.3) is 5.91 Å². The summed E-state index contributed by atoms with van der Waals surface area (Å²) in [6.07, 6.45) is 6.44. The number of carbonyl (C=O) groups excluding carboxylic acids is 4. The first-order valence-corrected chi connectivity index (χ1v) is 19.4. The summed E-state index contributed by atoms with van der Waals surface area (Å²) in [6, 6.07) is 5.33. The summed E-state index contributed by atoms with van der Waals surface area (Å²) in [5.74, 6) is -11.8. The smallest absolute Gasteiger partial charge is 0.251 e. The quantitative estimate of drug-likeness (QED) is 0.0211. The van der Waals surface area contributed by atoms with Crippen molar-refractivity contribution in [1.29, 1.82) is 0 Å². The van der Waals surface area contributed by atoms with Gasteiger partial charge in [0.1, 0.15) is 13.2 Å².